The van der Waals surface area contributed by atoms with Gasteiger partial charge in [0.05, 0.1) is 0 Å². The van der Waals surface area contributed by atoms with Crippen LogP contribution < -0.4 is 0 Å². The molecule has 1 aromatic rings. The van der Waals surface area contributed by atoms with E-state index in [0.717, 1.165) is 18.1 Å². The van der Waals surface area contributed by atoms with Gasteiger partial charge in [-0.3, -0.25) is 4.57 Å². The van der Waals surface area contributed by atoms with Crippen molar-refractivity contribution in [2.24, 2.45) is 0 Å². The van der Waals surface area contributed by atoms with Crippen molar-refractivity contribution in [2.75, 3.05) is 0 Å². The number of hydrogen-bond acceptors (Lipinski definition) is 2. The molecule has 0 N–H and O–H groups in total. The summed E-state index contributed by atoms with van der Waals surface area (Å²) in [5.74, 6) is 2.02. The van der Waals surface area contributed by atoms with E-state index in [-0.39, 0.29) is 0 Å². The Morgan fingerprint density at radius 3 is 3.22 bits per heavy atom. The minimum atomic E-state index is 0.931. The monoisotopic (exact) mass is 121 g/mol. The van der Waals surface area contributed by atoms with E-state index in [2.05, 4.69) is 16.3 Å². The molecular weight excluding hydrogens is 114 g/mol. The van der Waals surface area contributed by atoms with E-state index in [1.807, 2.05) is 17.7 Å². The van der Waals surface area contributed by atoms with Gasteiger partial charge >= 0.3 is 0 Å². The fraction of sp³-hybridized carbons (Fsp3) is 0.333. The number of aromatic nitrogens is 3. The Morgan fingerprint density at radius 2 is 2.44 bits per heavy atom. The predicted octanol–water partition coefficient (Wildman–Crippen LogP) is 0.613. The molecule has 3 heteroatoms. The van der Waals surface area contributed by atoms with E-state index in [0.29, 0.717) is 0 Å². The molecule has 0 fully saturated rings. The smallest absolute Gasteiger partial charge is 0.140 e. The molecule has 3 nitrogen and oxygen atoms in total. The SMILES string of the molecule is Cc1nnc2n1C=CC2. The summed E-state index contributed by atoms with van der Waals surface area (Å²) in [5, 5.41) is 7.85. The largest absolute Gasteiger partial charge is 0.290 e. The van der Waals surface area contributed by atoms with Crippen molar-refractivity contribution < 1.29 is 0 Å². The van der Waals surface area contributed by atoms with E-state index in [1.54, 1.807) is 0 Å². The Hall–Kier alpha value is -1.12. The fourth-order valence-corrected chi connectivity index (χ4v) is 1.01. The zero-order valence-corrected chi connectivity index (χ0v) is 5.20. The quantitative estimate of drug-likeness (QED) is 0.503. The molecule has 0 amide bonds. The molecule has 46 valence electrons. The topological polar surface area (TPSA) is 30.7 Å². The molecular formula is C6H7N3. The van der Waals surface area contributed by atoms with Crippen LogP contribution >= 0.6 is 0 Å². The molecule has 0 spiro atoms. The lowest BCUT2D eigenvalue weighted by atomic mass is 10.4. The highest BCUT2D eigenvalue weighted by Gasteiger charge is 2.07. The second-order valence-corrected chi connectivity index (χ2v) is 2.12. The van der Waals surface area contributed by atoms with Crippen molar-refractivity contribution in [3.63, 3.8) is 0 Å². The van der Waals surface area contributed by atoms with Gasteiger partial charge < -0.3 is 0 Å². The summed E-state index contributed by atoms with van der Waals surface area (Å²) in [7, 11) is 0. The molecule has 0 saturated heterocycles. The molecule has 0 aromatic carbocycles. The second-order valence-electron chi connectivity index (χ2n) is 2.12. The fourth-order valence-electron chi connectivity index (χ4n) is 1.01. The van der Waals surface area contributed by atoms with Gasteiger partial charge in [0.15, 0.2) is 0 Å². The van der Waals surface area contributed by atoms with Crippen LogP contribution in [0.15, 0.2) is 6.08 Å². The van der Waals surface area contributed by atoms with Gasteiger partial charge in [-0.15, -0.1) is 10.2 Å². The number of rotatable bonds is 0. The maximum atomic E-state index is 3.95. The molecule has 0 aliphatic carbocycles. The Bertz CT molecular complexity index is 259. The Kier molecular flexibility index (Phi) is 0.754. The van der Waals surface area contributed by atoms with Gasteiger partial charge in [-0.1, -0.05) is 6.08 Å². The van der Waals surface area contributed by atoms with Crippen molar-refractivity contribution in [1.29, 1.82) is 0 Å². The van der Waals surface area contributed by atoms with Crippen molar-refractivity contribution in [3.8, 4) is 0 Å². The van der Waals surface area contributed by atoms with Crippen molar-refractivity contribution >= 4 is 6.20 Å². The molecule has 2 heterocycles. The van der Waals surface area contributed by atoms with E-state index in [9.17, 15) is 0 Å². The zero-order chi connectivity index (χ0) is 6.27. The first-order valence-electron chi connectivity index (χ1n) is 2.95. The first-order chi connectivity index (χ1) is 4.38. The van der Waals surface area contributed by atoms with Crippen LogP contribution in [-0.2, 0) is 6.42 Å². The van der Waals surface area contributed by atoms with Crippen LogP contribution in [0.1, 0.15) is 11.6 Å². The van der Waals surface area contributed by atoms with Crippen LogP contribution in [0.2, 0.25) is 0 Å². The molecule has 0 bridgehead atoms. The first kappa shape index (κ1) is 4.73. The second kappa shape index (κ2) is 1.43. The number of allylic oxidation sites excluding steroid dienone is 1. The van der Waals surface area contributed by atoms with E-state index >= 15 is 0 Å². The van der Waals surface area contributed by atoms with Gasteiger partial charge in [-0.2, -0.15) is 0 Å². The first-order valence-corrected chi connectivity index (χ1v) is 2.95. The molecule has 0 radical (unpaired) electrons. The van der Waals surface area contributed by atoms with E-state index < -0.39 is 0 Å². The lowest BCUT2D eigenvalue weighted by Gasteiger charge is -1.89. The number of nitrogens with zero attached hydrogens (tertiary/aromatic N) is 3. The standard InChI is InChI=1S/C6H7N3/c1-5-7-8-6-3-2-4-9(5)6/h2,4H,3H2,1H3. The van der Waals surface area contributed by atoms with Crippen LogP contribution in [0, 0.1) is 6.92 Å². The Labute approximate surface area is 53.0 Å². The molecule has 0 unspecified atom stereocenters. The number of aryl methyl sites for hydroxylation is 1. The Balaban J connectivity index is 2.67. The van der Waals surface area contributed by atoms with Gasteiger partial charge in [0.25, 0.3) is 0 Å². The van der Waals surface area contributed by atoms with Gasteiger partial charge in [-0.25, -0.2) is 0 Å². The minimum absolute atomic E-state index is 0.931. The Morgan fingerprint density at radius 1 is 1.56 bits per heavy atom. The third-order valence-corrected chi connectivity index (χ3v) is 1.49. The maximum absolute atomic E-state index is 3.95. The highest BCUT2D eigenvalue weighted by atomic mass is 15.3. The lowest BCUT2D eigenvalue weighted by Crippen LogP contribution is -1.89. The summed E-state index contributed by atoms with van der Waals surface area (Å²) in [6, 6.07) is 0. The highest BCUT2D eigenvalue weighted by molar-refractivity contribution is 5.33. The average Bonchev–Trinajstić information content (AvgIpc) is 2.35. The molecule has 0 saturated carbocycles. The van der Waals surface area contributed by atoms with E-state index in [4.69, 9.17) is 0 Å². The molecule has 9 heavy (non-hydrogen) atoms. The summed E-state index contributed by atoms with van der Waals surface area (Å²) in [4.78, 5) is 0. The third-order valence-electron chi connectivity index (χ3n) is 1.49. The van der Waals surface area contributed by atoms with Gasteiger partial charge in [0, 0.05) is 12.6 Å². The van der Waals surface area contributed by atoms with Crippen LogP contribution in [0.25, 0.3) is 6.20 Å². The normalized spacial score (nSPS) is 14.3. The third kappa shape index (κ3) is 0.512. The van der Waals surface area contributed by atoms with Crippen LogP contribution in [0.3, 0.4) is 0 Å². The summed E-state index contributed by atoms with van der Waals surface area (Å²) in [5.41, 5.74) is 0. The summed E-state index contributed by atoms with van der Waals surface area (Å²) in [6.07, 6.45) is 5.02. The van der Waals surface area contributed by atoms with Gasteiger partial charge in [-0.05, 0) is 6.92 Å². The van der Waals surface area contributed by atoms with Crippen LogP contribution in [-0.4, -0.2) is 14.8 Å². The molecule has 2 rings (SSSR count). The van der Waals surface area contributed by atoms with Crippen molar-refractivity contribution in [3.05, 3.63) is 17.7 Å². The number of fused-ring (bicyclic) bond motifs is 1. The molecule has 1 aliphatic rings. The molecule has 1 aliphatic heterocycles. The molecule has 0 atom stereocenters. The van der Waals surface area contributed by atoms with Crippen molar-refractivity contribution in [2.45, 2.75) is 13.3 Å². The summed E-state index contributed by atoms with van der Waals surface area (Å²) < 4.78 is 2.00. The maximum Gasteiger partial charge on any atom is 0.140 e. The van der Waals surface area contributed by atoms with Crippen molar-refractivity contribution in [1.82, 2.24) is 14.8 Å². The predicted molar refractivity (Wildman–Crippen MR) is 33.8 cm³/mol. The average molecular weight is 121 g/mol. The van der Waals surface area contributed by atoms with Crippen LogP contribution in [0.5, 0.6) is 0 Å². The zero-order valence-electron chi connectivity index (χ0n) is 5.20. The summed E-state index contributed by atoms with van der Waals surface area (Å²) in [6.45, 7) is 1.95. The van der Waals surface area contributed by atoms with E-state index in [1.165, 1.54) is 0 Å². The lowest BCUT2D eigenvalue weighted by molar-refractivity contribution is 0.986. The highest BCUT2D eigenvalue weighted by Crippen LogP contribution is 2.09. The van der Waals surface area contributed by atoms with Crippen LogP contribution in [0.4, 0.5) is 0 Å². The minimum Gasteiger partial charge on any atom is -0.290 e. The number of hydrogen-bond donors (Lipinski definition) is 0. The molecule has 1 aromatic heterocycles. The van der Waals surface area contributed by atoms with Gasteiger partial charge in [0.2, 0.25) is 0 Å². The van der Waals surface area contributed by atoms with Gasteiger partial charge in [0.1, 0.15) is 11.6 Å². The summed E-state index contributed by atoms with van der Waals surface area (Å²) >= 11 is 0.